The second-order valence-electron chi connectivity index (χ2n) is 3.66. The molecular weight excluding hydrogens is 156 g/mol. The highest BCUT2D eigenvalue weighted by atomic mass is 14.1. The third kappa shape index (κ3) is 2.58. The van der Waals surface area contributed by atoms with E-state index in [2.05, 4.69) is 39.0 Å². The standard InChI is InChI=1S/C13H19/c1-4-8-12(5-2)13-10-7-6-9-11(13)3/h6-7,9,12H,4-5,8H2,1-3H3. The number of aryl methyl sites for hydroxylation is 1. The van der Waals surface area contributed by atoms with Crippen molar-refractivity contribution >= 4 is 0 Å². The summed E-state index contributed by atoms with van der Waals surface area (Å²) in [5, 5.41) is 0. The van der Waals surface area contributed by atoms with Crippen LogP contribution in [0, 0.1) is 13.0 Å². The summed E-state index contributed by atoms with van der Waals surface area (Å²) in [6, 6.07) is 9.65. The van der Waals surface area contributed by atoms with Gasteiger partial charge in [0, 0.05) is 0 Å². The zero-order valence-corrected chi connectivity index (χ0v) is 8.93. The summed E-state index contributed by atoms with van der Waals surface area (Å²) in [5.74, 6) is 0.714. The van der Waals surface area contributed by atoms with Gasteiger partial charge in [0.25, 0.3) is 0 Å². The lowest BCUT2D eigenvalue weighted by Gasteiger charge is -2.16. The van der Waals surface area contributed by atoms with Crippen molar-refractivity contribution in [1.29, 1.82) is 0 Å². The molecule has 0 spiro atoms. The summed E-state index contributed by atoms with van der Waals surface area (Å²) in [7, 11) is 0. The van der Waals surface area contributed by atoms with Crippen LogP contribution in [0.25, 0.3) is 0 Å². The summed E-state index contributed by atoms with van der Waals surface area (Å²) >= 11 is 0. The fourth-order valence-corrected chi connectivity index (χ4v) is 1.87. The molecule has 1 aromatic rings. The Morgan fingerprint density at radius 1 is 1.38 bits per heavy atom. The van der Waals surface area contributed by atoms with Crippen LogP contribution in [0.1, 0.15) is 50.2 Å². The first-order chi connectivity index (χ1) is 6.29. The normalized spacial score (nSPS) is 12.8. The van der Waals surface area contributed by atoms with Crippen molar-refractivity contribution in [2.45, 2.75) is 46.0 Å². The van der Waals surface area contributed by atoms with Crippen molar-refractivity contribution < 1.29 is 0 Å². The van der Waals surface area contributed by atoms with Gasteiger partial charge in [0.1, 0.15) is 0 Å². The average Bonchev–Trinajstić information content (AvgIpc) is 2.16. The lowest BCUT2D eigenvalue weighted by atomic mass is 9.89. The van der Waals surface area contributed by atoms with Gasteiger partial charge in [-0.3, -0.25) is 0 Å². The molecule has 0 aromatic heterocycles. The lowest BCUT2D eigenvalue weighted by molar-refractivity contribution is 0.592. The molecular formula is C13H19. The third-order valence-corrected chi connectivity index (χ3v) is 2.64. The van der Waals surface area contributed by atoms with Gasteiger partial charge in [-0.15, -0.1) is 0 Å². The van der Waals surface area contributed by atoms with E-state index in [0.717, 1.165) is 0 Å². The van der Waals surface area contributed by atoms with E-state index in [4.69, 9.17) is 0 Å². The van der Waals surface area contributed by atoms with E-state index in [1.165, 1.54) is 30.4 Å². The minimum atomic E-state index is 0.714. The molecule has 0 nitrogen and oxygen atoms in total. The smallest absolute Gasteiger partial charge is 0.0143 e. The minimum absolute atomic E-state index is 0.714. The topological polar surface area (TPSA) is 0 Å². The zero-order valence-electron chi connectivity index (χ0n) is 8.93. The Balaban J connectivity index is 2.84. The van der Waals surface area contributed by atoms with Crippen LogP contribution >= 0.6 is 0 Å². The Hall–Kier alpha value is -0.780. The van der Waals surface area contributed by atoms with Gasteiger partial charge >= 0.3 is 0 Å². The molecule has 0 aliphatic rings. The maximum atomic E-state index is 3.37. The maximum Gasteiger partial charge on any atom is -0.0143 e. The highest BCUT2D eigenvalue weighted by Crippen LogP contribution is 2.26. The number of hydrogen-bond donors (Lipinski definition) is 0. The molecule has 1 unspecified atom stereocenters. The molecule has 0 N–H and O–H groups in total. The van der Waals surface area contributed by atoms with E-state index in [9.17, 15) is 0 Å². The van der Waals surface area contributed by atoms with Crippen molar-refractivity contribution in [2.75, 3.05) is 0 Å². The first-order valence-corrected chi connectivity index (χ1v) is 5.26. The zero-order chi connectivity index (χ0) is 9.68. The largest absolute Gasteiger partial charge is 0.0654 e. The van der Waals surface area contributed by atoms with Gasteiger partial charge in [-0.05, 0) is 42.9 Å². The molecule has 0 fully saturated rings. The van der Waals surface area contributed by atoms with Gasteiger partial charge in [-0.25, -0.2) is 0 Å². The van der Waals surface area contributed by atoms with E-state index in [1.807, 2.05) is 6.07 Å². The van der Waals surface area contributed by atoms with Crippen LogP contribution in [0.5, 0.6) is 0 Å². The number of rotatable bonds is 4. The molecule has 0 heteroatoms. The third-order valence-electron chi connectivity index (χ3n) is 2.64. The summed E-state index contributed by atoms with van der Waals surface area (Å²) < 4.78 is 0. The van der Waals surface area contributed by atoms with E-state index < -0.39 is 0 Å². The molecule has 1 atom stereocenters. The fraction of sp³-hybridized carbons (Fsp3) is 0.538. The second-order valence-corrected chi connectivity index (χ2v) is 3.66. The SMILES string of the molecule is CCCC(CC)c1[c]cccc1C. The van der Waals surface area contributed by atoms with Crippen molar-refractivity contribution in [1.82, 2.24) is 0 Å². The van der Waals surface area contributed by atoms with Crippen LogP contribution in [0.4, 0.5) is 0 Å². The molecule has 1 rings (SSSR count). The van der Waals surface area contributed by atoms with Crippen molar-refractivity contribution in [3.8, 4) is 0 Å². The Labute approximate surface area is 82.0 Å². The predicted octanol–water partition coefficient (Wildman–Crippen LogP) is 4.09. The molecule has 1 aromatic carbocycles. The van der Waals surface area contributed by atoms with Crippen LogP contribution in [0.3, 0.4) is 0 Å². The Kier molecular flexibility index (Phi) is 4.01. The summed E-state index contributed by atoms with van der Waals surface area (Å²) in [6.45, 7) is 6.70. The first-order valence-electron chi connectivity index (χ1n) is 5.26. The average molecular weight is 175 g/mol. The van der Waals surface area contributed by atoms with Crippen molar-refractivity contribution in [2.24, 2.45) is 0 Å². The van der Waals surface area contributed by atoms with E-state index in [1.54, 1.807) is 0 Å². The second kappa shape index (κ2) is 5.06. The van der Waals surface area contributed by atoms with Gasteiger partial charge in [0.15, 0.2) is 0 Å². The molecule has 0 aliphatic heterocycles. The van der Waals surface area contributed by atoms with Crippen molar-refractivity contribution in [3.63, 3.8) is 0 Å². The van der Waals surface area contributed by atoms with Gasteiger partial charge < -0.3 is 0 Å². The number of benzene rings is 1. The highest BCUT2D eigenvalue weighted by Gasteiger charge is 2.09. The van der Waals surface area contributed by atoms with E-state index in [0.29, 0.717) is 5.92 Å². The molecule has 0 heterocycles. The van der Waals surface area contributed by atoms with Crippen LogP contribution in [-0.2, 0) is 0 Å². The van der Waals surface area contributed by atoms with Crippen LogP contribution in [0.2, 0.25) is 0 Å². The van der Waals surface area contributed by atoms with Crippen molar-refractivity contribution in [3.05, 3.63) is 35.4 Å². The van der Waals surface area contributed by atoms with Crippen LogP contribution in [-0.4, -0.2) is 0 Å². The molecule has 13 heavy (non-hydrogen) atoms. The van der Waals surface area contributed by atoms with E-state index >= 15 is 0 Å². The minimum Gasteiger partial charge on any atom is -0.0654 e. The highest BCUT2D eigenvalue weighted by molar-refractivity contribution is 5.27. The lowest BCUT2D eigenvalue weighted by Crippen LogP contribution is -1.99. The Bertz CT molecular complexity index is 250. The summed E-state index contributed by atoms with van der Waals surface area (Å²) in [6.07, 6.45) is 3.79. The van der Waals surface area contributed by atoms with E-state index in [-0.39, 0.29) is 0 Å². The fourth-order valence-electron chi connectivity index (χ4n) is 1.87. The van der Waals surface area contributed by atoms with Gasteiger partial charge in [0.05, 0.1) is 0 Å². The van der Waals surface area contributed by atoms with Crippen LogP contribution < -0.4 is 0 Å². The number of hydrogen-bond acceptors (Lipinski definition) is 0. The quantitative estimate of drug-likeness (QED) is 0.646. The molecule has 0 amide bonds. The Morgan fingerprint density at radius 2 is 2.15 bits per heavy atom. The summed E-state index contributed by atoms with van der Waals surface area (Å²) in [4.78, 5) is 0. The Morgan fingerprint density at radius 3 is 2.69 bits per heavy atom. The first kappa shape index (κ1) is 10.3. The van der Waals surface area contributed by atoms with Gasteiger partial charge in [-0.2, -0.15) is 0 Å². The molecule has 0 aliphatic carbocycles. The molecule has 0 saturated heterocycles. The molecule has 0 bridgehead atoms. The summed E-state index contributed by atoms with van der Waals surface area (Å²) in [5.41, 5.74) is 2.81. The predicted molar refractivity (Wildman–Crippen MR) is 58.0 cm³/mol. The molecule has 1 radical (unpaired) electrons. The van der Waals surface area contributed by atoms with Crippen LogP contribution in [0.15, 0.2) is 18.2 Å². The van der Waals surface area contributed by atoms with Gasteiger partial charge in [-0.1, -0.05) is 38.5 Å². The van der Waals surface area contributed by atoms with Gasteiger partial charge in [0.2, 0.25) is 0 Å². The molecule has 71 valence electrons. The monoisotopic (exact) mass is 175 g/mol. The maximum absolute atomic E-state index is 3.37. The molecule has 0 saturated carbocycles.